The van der Waals surface area contributed by atoms with Crippen molar-refractivity contribution in [2.24, 2.45) is 0 Å². The van der Waals surface area contributed by atoms with Crippen molar-refractivity contribution < 1.29 is 23.5 Å². The van der Waals surface area contributed by atoms with Crippen LogP contribution >= 0.6 is 11.3 Å². The number of ether oxygens (including phenoxy) is 1. The van der Waals surface area contributed by atoms with E-state index in [0.717, 1.165) is 22.7 Å². The number of hydrogen-bond acceptors (Lipinski definition) is 7. The second-order valence-corrected chi connectivity index (χ2v) is 7.86. The lowest BCUT2D eigenvalue weighted by molar-refractivity contribution is 0.0527. The molecule has 0 aliphatic carbocycles. The molecule has 0 atom stereocenters. The molecule has 0 aromatic carbocycles. The first-order valence-electron chi connectivity index (χ1n) is 9.43. The minimum atomic E-state index is -0.585. The maximum Gasteiger partial charge on any atom is 0.341 e. The number of nitrogens with one attached hydrogen (secondary N) is 1. The molecule has 0 unspecified atom stereocenters. The van der Waals surface area contributed by atoms with Gasteiger partial charge in [-0.1, -0.05) is 0 Å². The number of furan rings is 1. The Bertz CT molecular complexity index is 1120. The minimum absolute atomic E-state index is 0.0942. The van der Waals surface area contributed by atoms with Gasteiger partial charge in [0.15, 0.2) is 11.5 Å². The lowest BCUT2D eigenvalue weighted by Gasteiger charge is -2.06. The summed E-state index contributed by atoms with van der Waals surface area (Å²) in [6, 6.07) is 5.23. The van der Waals surface area contributed by atoms with Crippen molar-refractivity contribution in [3.63, 3.8) is 0 Å². The monoisotopic (exact) mass is 429 g/mol. The van der Waals surface area contributed by atoms with Gasteiger partial charge in [-0.25, -0.2) is 4.79 Å². The Morgan fingerprint density at radius 3 is 2.57 bits per heavy atom. The molecule has 8 nitrogen and oxygen atoms in total. The van der Waals surface area contributed by atoms with Crippen LogP contribution in [0.25, 0.3) is 0 Å². The van der Waals surface area contributed by atoms with Gasteiger partial charge in [-0.3, -0.25) is 14.3 Å². The number of esters is 1. The fourth-order valence-corrected chi connectivity index (χ4v) is 4.20. The quantitative estimate of drug-likeness (QED) is 0.447. The van der Waals surface area contributed by atoms with Crippen LogP contribution in [-0.2, 0) is 11.3 Å². The number of rotatable bonds is 7. The molecule has 3 heterocycles. The summed E-state index contributed by atoms with van der Waals surface area (Å²) in [6.45, 7) is 9.20. The van der Waals surface area contributed by atoms with Gasteiger partial charge in [-0.05, 0) is 58.4 Å². The normalized spacial score (nSPS) is 10.8. The highest BCUT2D eigenvalue weighted by Gasteiger charge is 2.26. The van der Waals surface area contributed by atoms with Gasteiger partial charge in [0.05, 0.1) is 29.3 Å². The number of ketones is 1. The number of amides is 1. The van der Waals surface area contributed by atoms with Crippen molar-refractivity contribution >= 4 is 34.0 Å². The highest BCUT2D eigenvalue weighted by atomic mass is 32.1. The Hall–Kier alpha value is -3.20. The molecule has 3 rings (SSSR count). The molecule has 1 N–H and O–H groups in total. The van der Waals surface area contributed by atoms with Gasteiger partial charge >= 0.3 is 5.97 Å². The summed E-state index contributed by atoms with van der Waals surface area (Å²) in [4.78, 5) is 37.4. The largest absolute Gasteiger partial charge is 0.462 e. The van der Waals surface area contributed by atoms with Crippen LogP contribution in [0.15, 0.2) is 22.6 Å². The Labute approximate surface area is 177 Å². The number of carbonyl (C=O) groups excluding carboxylic acids is 3. The second-order valence-electron chi connectivity index (χ2n) is 6.84. The average Bonchev–Trinajstić information content (AvgIpc) is 3.34. The lowest BCUT2D eigenvalue weighted by atomic mass is 10.1. The number of nitrogens with zero attached hydrogens (tertiary/aromatic N) is 2. The van der Waals surface area contributed by atoms with Gasteiger partial charge in [-0.2, -0.15) is 5.10 Å². The van der Waals surface area contributed by atoms with Crippen LogP contribution in [0.4, 0.5) is 5.00 Å². The zero-order valence-corrected chi connectivity index (χ0v) is 18.3. The zero-order chi connectivity index (χ0) is 22.0. The molecule has 158 valence electrons. The molecule has 0 saturated heterocycles. The summed E-state index contributed by atoms with van der Waals surface area (Å²) in [5.74, 6) is -0.621. The smallest absolute Gasteiger partial charge is 0.341 e. The first kappa shape index (κ1) is 21.5. The highest BCUT2D eigenvalue weighted by molar-refractivity contribution is 7.18. The van der Waals surface area contributed by atoms with E-state index < -0.39 is 11.9 Å². The Morgan fingerprint density at radius 2 is 1.97 bits per heavy atom. The Balaban J connectivity index is 1.83. The van der Waals surface area contributed by atoms with Crippen LogP contribution in [0.2, 0.25) is 0 Å². The Morgan fingerprint density at radius 1 is 1.23 bits per heavy atom. The van der Waals surface area contributed by atoms with E-state index in [1.165, 1.54) is 6.92 Å². The summed E-state index contributed by atoms with van der Waals surface area (Å²) in [6.07, 6.45) is 0. The molecule has 0 aliphatic rings. The van der Waals surface area contributed by atoms with Crippen molar-refractivity contribution in [3.05, 3.63) is 57.1 Å². The van der Waals surface area contributed by atoms with Gasteiger partial charge in [0.25, 0.3) is 5.91 Å². The second kappa shape index (κ2) is 8.66. The summed E-state index contributed by atoms with van der Waals surface area (Å²) < 4.78 is 12.5. The third-order valence-corrected chi connectivity index (χ3v) is 5.78. The number of aryl methyl sites for hydroxylation is 2. The fourth-order valence-electron chi connectivity index (χ4n) is 3.12. The van der Waals surface area contributed by atoms with E-state index in [4.69, 9.17) is 9.15 Å². The summed E-state index contributed by atoms with van der Waals surface area (Å²) in [5.41, 5.74) is 2.57. The molecule has 9 heteroatoms. The summed E-state index contributed by atoms with van der Waals surface area (Å²) >= 11 is 1.05. The van der Waals surface area contributed by atoms with Crippen LogP contribution in [0.3, 0.4) is 0 Å². The first-order chi connectivity index (χ1) is 14.2. The van der Waals surface area contributed by atoms with Crippen molar-refractivity contribution in [2.45, 2.75) is 41.2 Å². The molecule has 0 fully saturated rings. The third-order valence-electron chi connectivity index (χ3n) is 4.47. The van der Waals surface area contributed by atoms with Gasteiger partial charge in [0.1, 0.15) is 10.8 Å². The van der Waals surface area contributed by atoms with E-state index in [1.807, 2.05) is 19.9 Å². The SMILES string of the molecule is CCOC(=O)c1c(NC(=O)c2ccc(Cn3nc(C)cc3C)o2)sc(C(C)=O)c1C. The van der Waals surface area contributed by atoms with Gasteiger partial charge < -0.3 is 14.5 Å². The van der Waals surface area contributed by atoms with E-state index in [0.29, 0.717) is 22.7 Å². The van der Waals surface area contributed by atoms with E-state index in [2.05, 4.69) is 10.4 Å². The van der Waals surface area contributed by atoms with Crippen molar-refractivity contribution in [3.8, 4) is 0 Å². The predicted octanol–water partition coefficient (Wildman–Crippen LogP) is 4.14. The van der Waals surface area contributed by atoms with E-state index in [-0.39, 0.29) is 28.7 Å². The zero-order valence-electron chi connectivity index (χ0n) is 17.5. The number of Topliss-reactive ketones (excluding diaryl/α,β-unsaturated/α-hetero) is 1. The summed E-state index contributed by atoms with van der Waals surface area (Å²) in [7, 11) is 0. The van der Waals surface area contributed by atoms with Crippen molar-refractivity contribution in [1.29, 1.82) is 0 Å². The predicted molar refractivity (Wildman–Crippen MR) is 112 cm³/mol. The molecule has 0 aliphatic heterocycles. The molecule has 1 amide bonds. The average molecular weight is 429 g/mol. The highest BCUT2D eigenvalue weighted by Crippen LogP contribution is 2.34. The van der Waals surface area contributed by atoms with Gasteiger partial charge in [0.2, 0.25) is 0 Å². The molecule has 3 aromatic rings. The van der Waals surface area contributed by atoms with E-state index in [1.54, 1.807) is 30.7 Å². The number of aromatic nitrogens is 2. The van der Waals surface area contributed by atoms with Crippen LogP contribution < -0.4 is 5.32 Å². The number of anilines is 1. The van der Waals surface area contributed by atoms with Crippen molar-refractivity contribution in [2.75, 3.05) is 11.9 Å². The topological polar surface area (TPSA) is 103 Å². The number of hydrogen-bond donors (Lipinski definition) is 1. The minimum Gasteiger partial charge on any atom is -0.462 e. The van der Waals surface area contributed by atoms with Crippen LogP contribution in [0.1, 0.15) is 67.1 Å². The van der Waals surface area contributed by atoms with Crippen molar-refractivity contribution in [1.82, 2.24) is 9.78 Å². The van der Waals surface area contributed by atoms with Crippen LogP contribution in [0, 0.1) is 20.8 Å². The van der Waals surface area contributed by atoms with Gasteiger partial charge in [0, 0.05) is 5.69 Å². The number of carbonyl (C=O) groups is 3. The fraction of sp³-hybridized carbons (Fsp3) is 0.333. The molecule has 30 heavy (non-hydrogen) atoms. The third kappa shape index (κ3) is 4.35. The maximum atomic E-state index is 12.7. The molecular formula is C21H23N3O5S. The van der Waals surface area contributed by atoms with Crippen LogP contribution in [0.5, 0.6) is 0 Å². The summed E-state index contributed by atoms with van der Waals surface area (Å²) in [5, 5.41) is 7.33. The number of thiophene rings is 1. The lowest BCUT2D eigenvalue weighted by Crippen LogP contribution is -2.14. The van der Waals surface area contributed by atoms with Crippen LogP contribution in [-0.4, -0.2) is 34.0 Å². The van der Waals surface area contributed by atoms with Gasteiger partial charge in [-0.15, -0.1) is 11.3 Å². The standard InChI is InChI=1S/C21H23N3O5S/c1-6-28-21(27)17-13(4)18(14(5)25)30-20(17)22-19(26)16-8-7-15(29-16)10-24-12(3)9-11(2)23-24/h7-9H,6,10H2,1-5H3,(H,22,26). The van der Waals surface area contributed by atoms with E-state index in [9.17, 15) is 14.4 Å². The first-order valence-corrected chi connectivity index (χ1v) is 10.3. The molecule has 3 aromatic heterocycles. The Kier molecular flexibility index (Phi) is 6.21. The molecule has 0 spiro atoms. The molecular weight excluding hydrogens is 406 g/mol. The molecule has 0 saturated carbocycles. The maximum absolute atomic E-state index is 12.7. The molecule has 0 bridgehead atoms. The molecule has 0 radical (unpaired) electrons. The van der Waals surface area contributed by atoms with E-state index >= 15 is 0 Å².